The third kappa shape index (κ3) is 4.19. The number of carboxylic acid groups (broad SMARTS) is 1. The molecule has 3 heterocycles. The molecule has 0 amide bonds. The van der Waals surface area contributed by atoms with E-state index in [1.165, 1.54) is 0 Å². The average Bonchev–Trinajstić information content (AvgIpc) is 2.79. The van der Waals surface area contributed by atoms with E-state index in [-0.39, 0.29) is 6.42 Å². The van der Waals surface area contributed by atoms with Crippen molar-refractivity contribution in [3.05, 3.63) is 53.2 Å². The van der Waals surface area contributed by atoms with E-state index < -0.39 is 11.6 Å². The molecule has 5 rings (SSSR count). The van der Waals surface area contributed by atoms with E-state index in [1.807, 2.05) is 83.2 Å². The van der Waals surface area contributed by atoms with E-state index in [9.17, 15) is 9.90 Å². The molecule has 7 heteroatoms. The molecule has 0 unspecified atom stereocenters. The molecule has 0 spiro atoms. The minimum absolute atomic E-state index is 0.124. The van der Waals surface area contributed by atoms with Crippen molar-refractivity contribution in [2.75, 3.05) is 25.6 Å². The number of aryl methyl sites for hydroxylation is 1. The van der Waals surface area contributed by atoms with Crippen molar-refractivity contribution in [3.63, 3.8) is 0 Å². The Morgan fingerprint density at radius 3 is 2.64 bits per heavy atom. The Morgan fingerprint density at radius 1 is 1.17 bits per heavy atom. The molecule has 7 nitrogen and oxygen atoms in total. The standard InChI is InChI=1S/C29H31N3O4/c1-16-13-20-18(7-8-23(31-20)32(5)6)26(19(16)14-24(33)34)27-22(36-29(2,3)4)15-21-25-17(10-12-35-21)9-11-30-28(25)27/h7-9,11,13,15H,10,12,14H2,1-6H3,(H,33,34). The summed E-state index contributed by atoms with van der Waals surface area (Å²) in [5.41, 5.74) is 5.38. The molecule has 0 atom stereocenters. The number of carboxylic acids is 1. The van der Waals surface area contributed by atoms with Gasteiger partial charge < -0.3 is 19.5 Å². The molecule has 0 saturated carbocycles. The van der Waals surface area contributed by atoms with Gasteiger partial charge in [0.25, 0.3) is 0 Å². The van der Waals surface area contributed by atoms with Gasteiger partial charge in [0.1, 0.15) is 22.9 Å². The Hall–Kier alpha value is -3.87. The second kappa shape index (κ2) is 8.66. The summed E-state index contributed by atoms with van der Waals surface area (Å²) in [7, 11) is 3.90. The van der Waals surface area contributed by atoms with Crippen molar-refractivity contribution in [2.24, 2.45) is 0 Å². The van der Waals surface area contributed by atoms with Gasteiger partial charge in [-0.15, -0.1) is 0 Å². The second-order valence-corrected chi connectivity index (χ2v) is 10.5. The molecule has 1 N–H and O–H groups in total. The number of nitrogens with zero attached hydrogens (tertiary/aromatic N) is 3. The zero-order chi connectivity index (χ0) is 25.8. The molecule has 36 heavy (non-hydrogen) atoms. The summed E-state index contributed by atoms with van der Waals surface area (Å²) in [5.74, 6) is 1.29. The van der Waals surface area contributed by atoms with Crippen molar-refractivity contribution in [1.82, 2.24) is 9.97 Å². The molecule has 4 aromatic rings. The van der Waals surface area contributed by atoms with Crippen LogP contribution < -0.4 is 14.4 Å². The van der Waals surface area contributed by atoms with Gasteiger partial charge in [0, 0.05) is 49.1 Å². The third-order valence-corrected chi connectivity index (χ3v) is 6.42. The Bertz CT molecular complexity index is 1520. The van der Waals surface area contributed by atoms with Gasteiger partial charge in [-0.05, 0) is 68.7 Å². The van der Waals surface area contributed by atoms with Gasteiger partial charge in [-0.2, -0.15) is 0 Å². The van der Waals surface area contributed by atoms with Crippen molar-refractivity contribution < 1.29 is 19.4 Å². The normalized spacial score (nSPS) is 13.1. The van der Waals surface area contributed by atoms with Crippen LogP contribution in [-0.4, -0.2) is 47.3 Å². The molecule has 186 valence electrons. The maximum Gasteiger partial charge on any atom is 0.307 e. The first-order valence-corrected chi connectivity index (χ1v) is 12.1. The molecule has 2 aromatic carbocycles. The summed E-state index contributed by atoms with van der Waals surface area (Å²) >= 11 is 0. The smallest absolute Gasteiger partial charge is 0.307 e. The van der Waals surface area contributed by atoms with Gasteiger partial charge in [0.05, 0.1) is 29.6 Å². The van der Waals surface area contributed by atoms with E-state index >= 15 is 0 Å². The molecule has 0 bridgehead atoms. The monoisotopic (exact) mass is 485 g/mol. The van der Waals surface area contributed by atoms with Crippen LogP contribution in [0.15, 0.2) is 36.5 Å². The molecular formula is C29H31N3O4. The molecule has 0 fully saturated rings. The van der Waals surface area contributed by atoms with E-state index in [2.05, 4.69) is 0 Å². The van der Waals surface area contributed by atoms with Crippen LogP contribution in [0, 0.1) is 6.92 Å². The fraction of sp³-hybridized carbons (Fsp3) is 0.345. The first kappa shape index (κ1) is 23.9. The topological polar surface area (TPSA) is 84.8 Å². The van der Waals surface area contributed by atoms with Crippen LogP contribution in [0.4, 0.5) is 5.82 Å². The van der Waals surface area contributed by atoms with Crippen LogP contribution in [0.1, 0.15) is 37.5 Å². The number of pyridine rings is 2. The number of hydrogen-bond acceptors (Lipinski definition) is 6. The van der Waals surface area contributed by atoms with Gasteiger partial charge in [0.2, 0.25) is 0 Å². The number of hydrogen-bond donors (Lipinski definition) is 1. The summed E-state index contributed by atoms with van der Waals surface area (Å²) in [6, 6.07) is 9.91. The lowest BCUT2D eigenvalue weighted by atomic mass is 9.87. The summed E-state index contributed by atoms with van der Waals surface area (Å²) in [6.45, 7) is 8.52. The van der Waals surface area contributed by atoms with Crippen molar-refractivity contribution in [1.29, 1.82) is 0 Å². The Morgan fingerprint density at radius 2 is 1.94 bits per heavy atom. The number of benzene rings is 2. The molecule has 0 radical (unpaired) electrons. The van der Waals surface area contributed by atoms with Gasteiger partial charge in [-0.25, -0.2) is 4.98 Å². The van der Waals surface area contributed by atoms with Crippen LogP contribution in [-0.2, 0) is 17.6 Å². The third-order valence-electron chi connectivity index (χ3n) is 6.42. The zero-order valence-electron chi connectivity index (χ0n) is 21.6. The molecular weight excluding hydrogens is 454 g/mol. The van der Waals surface area contributed by atoms with E-state index in [0.717, 1.165) is 67.6 Å². The van der Waals surface area contributed by atoms with Gasteiger partial charge in [-0.3, -0.25) is 9.78 Å². The SMILES string of the molecule is Cc1cc2nc(N(C)C)ccc2c(-c2c(OC(C)(C)C)cc3c4c(ccnc24)CCO3)c1CC(=O)O. The Kier molecular flexibility index (Phi) is 5.74. The fourth-order valence-corrected chi connectivity index (χ4v) is 4.94. The lowest BCUT2D eigenvalue weighted by Crippen LogP contribution is -2.24. The lowest BCUT2D eigenvalue weighted by Gasteiger charge is -2.28. The summed E-state index contributed by atoms with van der Waals surface area (Å²) in [4.78, 5) is 23.7. The first-order chi connectivity index (χ1) is 17.0. The van der Waals surface area contributed by atoms with Crippen LogP contribution in [0.2, 0.25) is 0 Å². The number of ether oxygens (including phenoxy) is 2. The van der Waals surface area contributed by atoms with E-state index in [0.29, 0.717) is 12.4 Å². The fourth-order valence-electron chi connectivity index (χ4n) is 4.94. The van der Waals surface area contributed by atoms with Gasteiger partial charge >= 0.3 is 5.97 Å². The predicted octanol–water partition coefficient (Wildman–Crippen LogP) is 5.56. The van der Waals surface area contributed by atoms with Crippen LogP contribution >= 0.6 is 0 Å². The molecule has 2 aromatic heterocycles. The number of carbonyl (C=O) groups is 1. The highest BCUT2D eigenvalue weighted by atomic mass is 16.5. The minimum Gasteiger partial charge on any atom is -0.492 e. The summed E-state index contributed by atoms with van der Waals surface area (Å²) < 4.78 is 12.6. The van der Waals surface area contributed by atoms with E-state index in [4.69, 9.17) is 19.4 Å². The highest BCUT2D eigenvalue weighted by Gasteiger charge is 2.28. The van der Waals surface area contributed by atoms with Crippen molar-refractivity contribution in [3.8, 4) is 22.6 Å². The number of fused-ring (bicyclic) bond motifs is 1. The maximum atomic E-state index is 12.0. The number of aliphatic carboxylic acids is 1. The number of anilines is 1. The largest absolute Gasteiger partial charge is 0.492 e. The van der Waals surface area contributed by atoms with Crippen LogP contribution in [0.25, 0.3) is 32.9 Å². The van der Waals surface area contributed by atoms with Crippen molar-refractivity contribution in [2.45, 2.75) is 46.1 Å². The van der Waals surface area contributed by atoms with Gasteiger partial charge in [-0.1, -0.05) is 0 Å². The lowest BCUT2D eigenvalue weighted by molar-refractivity contribution is -0.136. The van der Waals surface area contributed by atoms with Crippen LogP contribution in [0.3, 0.4) is 0 Å². The van der Waals surface area contributed by atoms with Crippen molar-refractivity contribution >= 4 is 33.6 Å². The molecule has 1 aliphatic heterocycles. The highest BCUT2D eigenvalue weighted by Crippen LogP contribution is 2.48. The zero-order valence-corrected chi connectivity index (χ0v) is 21.6. The summed E-state index contributed by atoms with van der Waals surface area (Å²) in [5, 5.41) is 11.7. The quantitative estimate of drug-likeness (QED) is 0.396. The Balaban J connectivity index is 1.96. The van der Waals surface area contributed by atoms with Crippen LogP contribution in [0.5, 0.6) is 11.5 Å². The molecule has 1 aliphatic rings. The van der Waals surface area contributed by atoms with E-state index in [1.54, 1.807) is 0 Å². The highest BCUT2D eigenvalue weighted by molar-refractivity contribution is 6.10. The second-order valence-electron chi connectivity index (χ2n) is 10.5. The maximum absolute atomic E-state index is 12.0. The first-order valence-electron chi connectivity index (χ1n) is 12.1. The number of aromatic nitrogens is 2. The average molecular weight is 486 g/mol. The predicted molar refractivity (Wildman–Crippen MR) is 142 cm³/mol. The number of rotatable bonds is 5. The molecule has 0 aliphatic carbocycles. The molecule has 0 saturated heterocycles. The minimum atomic E-state index is -0.895. The Labute approximate surface area is 210 Å². The van der Waals surface area contributed by atoms with Gasteiger partial charge in [0.15, 0.2) is 0 Å². The summed E-state index contributed by atoms with van der Waals surface area (Å²) in [6.07, 6.45) is 2.48.